The van der Waals surface area contributed by atoms with E-state index in [1.807, 2.05) is 30.3 Å². The number of nitrogens with one attached hydrogen (secondary N) is 1. The fourth-order valence-corrected chi connectivity index (χ4v) is 1.86. The molecule has 0 spiro atoms. The molecule has 19 heavy (non-hydrogen) atoms. The van der Waals surface area contributed by atoms with E-state index in [2.05, 4.69) is 5.32 Å². The third-order valence-electron chi connectivity index (χ3n) is 2.90. The smallest absolute Gasteiger partial charge is 0.310 e. The summed E-state index contributed by atoms with van der Waals surface area (Å²) in [5, 5.41) is 12.1. The van der Waals surface area contributed by atoms with Gasteiger partial charge in [-0.1, -0.05) is 30.3 Å². The first-order valence-electron chi connectivity index (χ1n) is 6.75. The van der Waals surface area contributed by atoms with Gasteiger partial charge in [-0.3, -0.25) is 10.1 Å². The highest BCUT2D eigenvalue weighted by atomic mass is 16.5. The lowest BCUT2D eigenvalue weighted by molar-refractivity contribution is -0.148. The van der Waals surface area contributed by atoms with Crippen molar-refractivity contribution in [2.24, 2.45) is 5.92 Å². The van der Waals surface area contributed by atoms with Crippen LogP contribution in [0.25, 0.3) is 0 Å². The van der Waals surface area contributed by atoms with Crippen LogP contribution in [0.15, 0.2) is 30.3 Å². The maximum absolute atomic E-state index is 11.8. The molecule has 1 aromatic rings. The molecule has 0 aromatic heterocycles. The second-order valence-electron chi connectivity index (χ2n) is 4.56. The maximum atomic E-state index is 11.8. The van der Waals surface area contributed by atoms with Crippen molar-refractivity contribution in [3.63, 3.8) is 0 Å². The minimum atomic E-state index is -0.617. The van der Waals surface area contributed by atoms with E-state index in [1.165, 1.54) is 5.56 Å². The van der Waals surface area contributed by atoms with Crippen LogP contribution in [0.3, 0.4) is 0 Å². The lowest BCUT2D eigenvalue weighted by Gasteiger charge is -2.17. The van der Waals surface area contributed by atoms with Gasteiger partial charge in [0, 0.05) is 6.54 Å². The van der Waals surface area contributed by atoms with Crippen molar-refractivity contribution < 1.29 is 14.6 Å². The third-order valence-corrected chi connectivity index (χ3v) is 2.90. The largest absolute Gasteiger partial charge is 0.466 e. The normalized spacial score (nSPS) is 13.8. The summed E-state index contributed by atoms with van der Waals surface area (Å²) >= 11 is 0. The Balaban J connectivity index is 2.50. The summed E-state index contributed by atoms with van der Waals surface area (Å²) in [6, 6.07) is 10.0. The topological polar surface area (TPSA) is 58.6 Å². The number of carbonyl (C=O) groups is 1. The number of aryl methyl sites for hydroxylation is 1. The van der Waals surface area contributed by atoms with Crippen LogP contribution in [0, 0.1) is 5.92 Å². The second kappa shape index (κ2) is 8.67. The zero-order valence-electron chi connectivity index (χ0n) is 11.6. The number of benzene rings is 1. The molecule has 4 heteroatoms. The molecule has 2 unspecified atom stereocenters. The monoisotopic (exact) mass is 265 g/mol. The Morgan fingerprint density at radius 2 is 2.05 bits per heavy atom. The molecule has 106 valence electrons. The van der Waals surface area contributed by atoms with Crippen molar-refractivity contribution in [2.45, 2.75) is 32.9 Å². The first-order valence-corrected chi connectivity index (χ1v) is 6.75. The van der Waals surface area contributed by atoms with E-state index >= 15 is 0 Å². The van der Waals surface area contributed by atoms with E-state index in [-0.39, 0.29) is 11.9 Å². The quantitative estimate of drug-likeness (QED) is 0.555. The van der Waals surface area contributed by atoms with Gasteiger partial charge in [-0.05, 0) is 32.3 Å². The van der Waals surface area contributed by atoms with Crippen molar-refractivity contribution in [3.8, 4) is 0 Å². The molecule has 1 rings (SSSR count). The van der Waals surface area contributed by atoms with E-state index in [9.17, 15) is 9.90 Å². The molecule has 0 saturated heterocycles. The molecule has 0 bridgehead atoms. The van der Waals surface area contributed by atoms with Crippen LogP contribution in [0.1, 0.15) is 25.8 Å². The van der Waals surface area contributed by atoms with Gasteiger partial charge in [-0.2, -0.15) is 0 Å². The number of carbonyl (C=O) groups excluding carboxylic acids is 1. The highest BCUT2D eigenvalue weighted by Gasteiger charge is 2.19. The number of hydrogen-bond donors (Lipinski definition) is 2. The van der Waals surface area contributed by atoms with Gasteiger partial charge in [0.1, 0.15) is 6.23 Å². The number of aliphatic hydroxyl groups is 1. The molecule has 0 radical (unpaired) electrons. The molecule has 0 aliphatic rings. The standard InChI is InChI=1S/C15H23NO3/c1-3-19-15(18)14(11-16-12(2)17)10-9-13-7-5-4-6-8-13/h4-8,12,14,16-17H,3,9-11H2,1-2H3. The van der Waals surface area contributed by atoms with Crippen LogP contribution in [-0.2, 0) is 16.0 Å². The average Bonchev–Trinajstić information content (AvgIpc) is 2.40. The van der Waals surface area contributed by atoms with Crippen molar-refractivity contribution in [1.82, 2.24) is 5.32 Å². The first-order chi connectivity index (χ1) is 9.13. The molecule has 2 N–H and O–H groups in total. The summed E-state index contributed by atoms with van der Waals surface area (Å²) in [5.74, 6) is -0.429. The van der Waals surface area contributed by atoms with Gasteiger partial charge in [0.05, 0.1) is 12.5 Å². The molecule has 0 heterocycles. The third kappa shape index (κ3) is 6.36. The van der Waals surface area contributed by atoms with Gasteiger partial charge < -0.3 is 9.84 Å². The zero-order chi connectivity index (χ0) is 14.1. The predicted molar refractivity (Wildman–Crippen MR) is 74.6 cm³/mol. The van der Waals surface area contributed by atoms with Crippen LogP contribution < -0.4 is 5.32 Å². The van der Waals surface area contributed by atoms with Crippen LogP contribution in [0.4, 0.5) is 0 Å². The van der Waals surface area contributed by atoms with Crippen molar-refractivity contribution in [1.29, 1.82) is 0 Å². The Morgan fingerprint density at radius 3 is 2.63 bits per heavy atom. The number of hydrogen-bond acceptors (Lipinski definition) is 4. The number of aliphatic hydroxyl groups excluding tert-OH is 1. The number of ether oxygens (including phenoxy) is 1. The van der Waals surface area contributed by atoms with Crippen molar-refractivity contribution in [2.75, 3.05) is 13.2 Å². The van der Waals surface area contributed by atoms with E-state index in [1.54, 1.807) is 13.8 Å². The first kappa shape index (κ1) is 15.7. The summed E-state index contributed by atoms with van der Waals surface area (Å²) < 4.78 is 5.06. The van der Waals surface area contributed by atoms with Gasteiger partial charge in [-0.15, -0.1) is 0 Å². The van der Waals surface area contributed by atoms with Crippen molar-refractivity contribution in [3.05, 3.63) is 35.9 Å². The lowest BCUT2D eigenvalue weighted by atomic mass is 9.99. The van der Waals surface area contributed by atoms with E-state index < -0.39 is 6.23 Å². The predicted octanol–water partition coefficient (Wildman–Crippen LogP) is 1.73. The minimum Gasteiger partial charge on any atom is -0.466 e. The number of esters is 1. The summed E-state index contributed by atoms with van der Waals surface area (Å²) in [5.41, 5.74) is 1.20. The summed E-state index contributed by atoms with van der Waals surface area (Å²) in [6.07, 6.45) is 0.919. The molecular formula is C15H23NO3. The SMILES string of the molecule is CCOC(=O)C(CCc1ccccc1)CNC(C)O. The maximum Gasteiger partial charge on any atom is 0.310 e. The molecule has 0 aliphatic carbocycles. The Kier molecular flexibility index (Phi) is 7.15. The highest BCUT2D eigenvalue weighted by molar-refractivity contribution is 5.72. The van der Waals surface area contributed by atoms with Crippen LogP contribution >= 0.6 is 0 Å². The van der Waals surface area contributed by atoms with Crippen molar-refractivity contribution >= 4 is 5.97 Å². The van der Waals surface area contributed by atoms with E-state index in [0.29, 0.717) is 19.6 Å². The van der Waals surface area contributed by atoms with E-state index in [4.69, 9.17) is 4.74 Å². The Morgan fingerprint density at radius 1 is 1.37 bits per heavy atom. The van der Waals surface area contributed by atoms with Gasteiger partial charge in [0.15, 0.2) is 0 Å². The van der Waals surface area contributed by atoms with Gasteiger partial charge >= 0.3 is 5.97 Å². The number of rotatable bonds is 8. The van der Waals surface area contributed by atoms with Gasteiger partial charge in [0.2, 0.25) is 0 Å². The Hall–Kier alpha value is -1.39. The Bertz CT molecular complexity index is 365. The van der Waals surface area contributed by atoms with E-state index in [0.717, 1.165) is 6.42 Å². The van der Waals surface area contributed by atoms with Gasteiger partial charge in [-0.25, -0.2) is 0 Å². The molecule has 0 amide bonds. The van der Waals surface area contributed by atoms with Crippen LogP contribution in [0.5, 0.6) is 0 Å². The van der Waals surface area contributed by atoms with Crippen LogP contribution in [-0.4, -0.2) is 30.5 Å². The zero-order valence-corrected chi connectivity index (χ0v) is 11.6. The average molecular weight is 265 g/mol. The fourth-order valence-electron chi connectivity index (χ4n) is 1.86. The molecule has 4 nitrogen and oxygen atoms in total. The summed E-state index contributed by atoms with van der Waals surface area (Å²) in [6.45, 7) is 4.26. The minimum absolute atomic E-state index is 0.202. The summed E-state index contributed by atoms with van der Waals surface area (Å²) in [4.78, 5) is 11.8. The van der Waals surface area contributed by atoms with Gasteiger partial charge in [0.25, 0.3) is 0 Å². The lowest BCUT2D eigenvalue weighted by Crippen LogP contribution is -2.35. The summed E-state index contributed by atoms with van der Waals surface area (Å²) in [7, 11) is 0. The molecule has 1 aromatic carbocycles. The highest BCUT2D eigenvalue weighted by Crippen LogP contribution is 2.11. The molecule has 0 fully saturated rings. The molecule has 0 saturated carbocycles. The Labute approximate surface area is 114 Å². The molecular weight excluding hydrogens is 242 g/mol. The fraction of sp³-hybridized carbons (Fsp3) is 0.533. The van der Waals surface area contributed by atoms with Crippen LogP contribution in [0.2, 0.25) is 0 Å². The molecule has 2 atom stereocenters. The second-order valence-corrected chi connectivity index (χ2v) is 4.56. The molecule has 0 aliphatic heterocycles.